The average Bonchev–Trinajstić information content (AvgIpc) is 2.27. The first-order chi connectivity index (χ1) is 7.63. The SMILES string of the molecule is CCOC(C)=NOc1cccc([N+](=O)[O-])c1. The Kier molecular flexibility index (Phi) is 4.26. The lowest BCUT2D eigenvalue weighted by molar-refractivity contribution is -0.384. The molecule has 86 valence electrons. The van der Waals surface area contributed by atoms with Gasteiger partial charge in [0.2, 0.25) is 5.90 Å². The Morgan fingerprint density at radius 2 is 2.31 bits per heavy atom. The second kappa shape index (κ2) is 5.69. The second-order valence-corrected chi connectivity index (χ2v) is 2.89. The number of ether oxygens (including phenoxy) is 1. The normalized spacial score (nSPS) is 11.0. The van der Waals surface area contributed by atoms with Crippen molar-refractivity contribution in [1.82, 2.24) is 0 Å². The van der Waals surface area contributed by atoms with E-state index >= 15 is 0 Å². The van der Waals surface area contributed by atoms with Gasteiger partial charge in [0.05, 0.1) is 17.6 Å². The van der Waals surface area contributed by atoms with E-state index < -0.39 is 4.92 Å². The van der Waals surface area contributed by atoms with Crippen LogP contribution in [0.15, 0.2) is 29.4 Å². The van der Waals surface area contributed by atoms with E-state index in [1.165, 1.54) is 18.2 Å². The molecular formula is C10H12N2O4. The molecule has 0 bridgehead atoms. The van der Waals surface area contributed by atoms with Gasteiger partial charge in [0.1, 0.15) is 0 Å². The number of rotatable bonds is 4. The summed E-state index contributed by atoms with van der Waals surface area (Å²) in [5.41, 5.74) is -0.0400. The number of nitrogens with zero attached hydrogens (tertiary/aromatic N) is 2. The van der Waals surface area contributed by atoms with Crippen molar-refractivity contribution in [3.05, 3.63) is 34.4 Å². The summed E-state index contributed by atoms with van der Waals surface area (Å²) in [6, 6.07) is 5.78. The Morgan fingerprint density at radius 1 is 1.56 bits per heavy atom. The van der Waals surface area contributed by atoms with E-state index in [1.807, 2.05) is 6.92 Å². The van der Waals surface area contributed by atoms with Crippen molar-refractivity contribution >= 4 is 11.6 Å². The maximum Gasteiger partial charge on any atom is 0.273 e. The smallest absolute Gasteiger partial charge is 0.273 e. The maximum atomic E-state index is 10.5. The lowest BCUT2D eigenvalue weighted by atomic mass is 10.3. The molecular weight excluding hydrogens is 212 g/mol. The Hall–Kier alpha value is -2.11. The van der Waals surface area contributed by atoms with E-state index in [1.54, 1.807) is 13.0 Å². The Balaban J connectivity index is 2.71. The lowest BCUT2D eigenvalue weighted by Gasteiger charge is -2.01. The summed E-state index contributed by atoms with van der Waals surface area (Å²) in [5.74, 6) is 0.669. The number of non-ortho nitro benzene ring substituents is 1. The number of nitro groups is 1. The summed E-state index contributed by atoms with van der Waals surface area (Å²) < 4.78 is 5.03. The highest BCUT2D eigenvalue weighted by Crippen LogP contribution is 2.19. The van der Waals surface area contributed by atoms with Crippen LogP contribution >= 0.6 is 0 Å². The van der Waals surface area contributed by atoms with Crippen molar-refractivity contribution < 1.29 is 14.5 Å². The minimum Gasteiger partial charge on any atom is -0.479 e. The molecule has 6 heteroatoms. The molecule has 0 saturated carbocycles. The van der Waals surface area contributed by atoms with Crippen molar-refractivity contribution in [3.63, 3.8) is 0 Å². The van der Waals surface area contributed by atoms with E-state index in [0.717, 1.165) is 0 Å². The Bertz CT molecular complexity index is 404. The van der Waals surface area contributed by atoms with Crippen molar-refractivity contribution in [1.29, 1.82) is 0 Å². The summed E-state index contributed by atoms with van der Waals surface area (Å²) in [7, 11) is 0. The number of hydrogen-bond acceptors (Lipinski definition) is 5. The van der Waals surface area contributed by atoms with Gasteiger partial charge < -0.3 is 9.57 Å². The number of nitro benzene ring substituents is 1. The molecule has 1 aromatic carbocycles. The van der Waals surface area contributed by atoms with Crippen LogP contribution in [0.1, 0.15) is 13.8 Å². The largest absolute Gasteiger partial charge is 0.479 e. The number of hydrogen-bond donors (Lipinski definition) is 0. The summed E-state index contributed by atoms with van der Waals surface area (Å²) >= 11 is 0. The van der Waals surface area contributed by atoms with Gasteiger partial charge in [-0.2, -0.15) is 0 Å². The fraction of sp³-hybridized carbons (Fsp3) is 0.300. The highest BCUT2D eigenvalue weighted by atomic mass is 16.7. The fourth-order valence-corrected chi connectivity index (χ4v) is 1.01. The van der Waals surface area contributed by atoms with E-state index in [9.17, 15) is 10.1 Å². The molecule has 0 aromatic heterocycles. The topological polar surface area (TPSA) is 74.0 Å². The molecule has 0 amide bonds. The van der Waals surface area contributed by atoms with Gasteiger partial charge in [-0.3, -0.25) is 10.1 Å². The molecule has 0 spiro atoms. The Morgan fingerprint density at radius 3 is 2.94 bits per heavy atom. The van der Waals surface area contributed by atoms with E-state index in [4.69, 9.17) is 9.57 Å². The lowest BCUT2D eigenvalue weighted by Crippen LogP contribution is -2.01. The molecule has 0 fully saturated rings. The molecule has 6 nitrogen and oxygen atoms in total. The molecule has 0 heterocycles. The molecule has 0 atom stereocenters. The quantitative estimate of drug-likeness (QED) is 0.340. The minimum absolute atomic E-state index is 0.0400. The van der Waals surface area contributed by atoms with Crippen LogP contribution in [0.5, 0.6) is 5.75 Å². The fourth-order valence-electron chi connectivity index (χ4n) is 1.01. The molecule has 0 aliphatic carbocycles. The third kappa shape index (κ3) is 3.56. The Labute approximate surface area is 92.6 Å². The van der Waals surface area contributed by atoms with Crippen LogP contribution in [-0.4, -0.2) is 17.4 Å². The molecule has 0 radical (unpaired) electrons. The number of oxime groups is 1. The molecule has 0 aliphatic rings. The zero-order chi connectivity index (χ0) is 12.0. The molecule has 16 heavy (non-hydrogen) atoms. The summed E-state index contributed by atoms with van der Waals surface area (Å²) in [4.78, 5) is 15.0. The first-order valence-electron chi connectivity index (χ1n) is 4.72. The van der Waals surface area contributed by atoms with Crippen molar-refractivity contribution in [3.8, 4) is 5.75 Å². The molecule has 0 N–H and O–H groups in total. The van der Waals surface area contributed by atoms with Gasteiger partial charge >= 0.3 is 0 Å². The first kappa shape index (κ1) is 12.0. The molecule has 0 saturated heterocycles. The third-order valence-corrected chi connectivity index (χ3v) is 1.66. The summed E-state index contributed by atoms with van der Waals surface area (Å²) in [6.07, 6.45) is 0. The van der Waals surface area contributed by atoms with Crippen LogP contribution in [0.2, 0.25) is 0 Å². The van der Waals surface area contributed by atoms with E-state index in [-0.39, 0.29) is 5.69 Å². The standard InChI is InChI=1S/C10H12N2O4/c1-3-15-8(2)11-16-10-6-4-5-9(7-10)12(13)14/h4-7H,3H2,1-2H3. The van der Waals surface area contributed by atoms with Gasteiger partial charge in [-0.05, 0) is 18.1 Å². The van der Waals surface area contributed by atoms with Gasteiger partial charge in [-0.25, -0.2) is 0 Å². The van der Waals surface area contributed by atoms with Gasteiger partial charge in [0.25, 0.3) is 5.69 Å². The van der Waals surface area contributed by atoms with Crippen LogP contribution in [-0.2, 0) is 4.74 Å². The van der Waals surface area contributed by atoms with E-state index in [2.05, 4.69) is 5.16 Å². The van der Waals surface area contributed by atoms with Crippen LogP contribution < -0.4 is 4.84 Å². The van der Waals surface area contributed by atoms with Crippen molar-refractivity contribution in [2.45, 2.75) is 13.8 Å². The average molecular weight is 224 g/mol. The molecule has 0 unspecified atom stereocenters. The highest BCUT2D eigenvalue weighted by Gasteiger charge is 2.06. The first-order valence-corrected chi connectivity index (χ1v) is 4.72. The highest BCUT2D eigenvalue weighted by molar-refractivity contribution is 5.72. The number of benzene rings is 1. The molecule has 1 aromatic rings. The summed E-state index contributed by atoms with van der Waals surface area (Å²) in [6.45, 7) is 3.96. The minimum atomic E-state index is -0.494. The zero-order valence-electron chi connectivity index (χ0n) is 9.04. The van der Waals surface area contributed by atoms with Gasteiger partial charge in [0.15, 0.2) is 5.75 Å². The van der Waals surface area contributed by atoms with Crippen LogP contribution in [0.3, 0.4) is 0 Å². The van der Waals surface area contributed by atoms with Gasteiger partial charge in [0, 0.05) is 13.0 Å². The zero-order valence-corrected chi connectivity index (χ0v) is 9.04. The van der Waals surface area contributed by atoms with E-state index in [0.29, 0.717) is 18.3 Å². The predicted octanol–water partition coefficient (Wildman–Crippen LogP) is 2.34. The monoisotopic (exact) mass is 224 g/mol. The van der Waals surface area contributed by atoms with Crippen LogP contribution in [0.4, 0.5) is 5.69 Å². The van der Waals surface area contributed by atoms with Crippen LogP contribution in [0, 0.1) is 10.1 Å². The van der Waals surface area contributed by atoms with Crippen LogP contribution in [0.25, 0.3) is 0 Å². The summed E-state index contributed by atoms with van der Waals surface area (Å²) in [5, 5.41) is 14.1. The maximum absolute atomic E-state index is 10.5. The van der Waals surface area contributed by atoms with Gasteiger partial charge in [-0.1, -0.05) is 6.07 Å². The van der Waals surface area contributed by atoms with Crippen molar-refractivity contribution in [2.75, 3.05) is 6.61 Å². The predicted molar refractivity (Wildman–Crippen MR) is 58.5 cm³/mol. The molecule has 1 rings (SSSR count). The third-order valence-electron chi connectivity index (χ3n) is 1.66. The van der Waals surface area contributed by atoms with Gasteiger partial charge in [-0.15, -0.1) is 0 Å². The molecule has 0 aliphatic heterocycles. The van der Waals surface area contributed by atoms with Crippen molar-refractivity contribution in [2.24, 2.45) is 5.16 Å². The second-order valence-electron chi connectivity index (χ2n) is 2.89.